The standard InChI is InChI=1S/C18H21N5OS/c1-11-7-12(2)9-23(8-11)15(24)10-25-18-20-17-16(21-22-18)13-5-3-4-6-14(13)19-17/h3-6,11-12H,7-10H2,1-2H3,(H,19,20,22)/t11-,12-/m1/s1. The number of rotatable bonds is 3. The van der Waals surface area contributed by atoms with Crippen LogP contribution < -0.4 is 0 Å². The van der Waals surface area contributed by atoms with E-state index in [-0.39, 0.29) is 5.91 Å². The molecule has 25 heavy (non-hydrogen) atoms. The number of thioether (sulfide) groups is 1. The van der Waals surface area contributed by atoms with Crippen molar-refractivity contribution < 1.29 is 4.79 Å². The van der Waals surface area contributed by atoms with Crippen molar-refractivity contribution in [3.8, 4) is 0 Å². The fraction of sp³-hybridized carbons (Fsp3) is 0.444. The number of benzene rings is 1. The van der Waals surface area contributed by atoms with Gasteiger partial charge in [0.1, 0.15) is 5.52 Å². The van der Waals surface area contributed by atoms with Gasteiger partial charge in [0, 0.05) is 24.0 Å². The van der Waals surface area contributed by atoms with Gasteiger partial charge < -0.3 is 9.88 Å². The van der Waals surface area contributed by atoms with Crippen LogP contribution in [0.3, 0.4) is 0 Å². The molecule has 0 bridgehead atoms. The third-order valence-corrected chi connectivity index (χ3v) is 5.47. The summed E-state index contributed by atoms with van der Waals surface area (Å²) in [6.07, 6.45) is 1.20. The van der Waals surface area contributed by atoms with Crippen LogP contribution in [0.2, 0.25) is 0 Å². The fourth-order valence-corrected chi connectivity index (χ4v) is 4.34. The zero-order valence-corrected chi connectivity index (χ0v) is 15.2. The van der Waals surface area contributed by atoms with Crippen molar-refractivity contribution in [2.75, 3.05) is 18.8 Å². The number of aromatic amines is 1. The van der Waals surface area contributed by atoms with Crippen molar-refractivity contribution in [1.82, 2.24) is 25.1 Å². The van der Waals surface area contributed by atoms with E-state index < -0.39 is 0 Å². The Morgan fingerprint density at radius 3 is 2.80 bits per heavy atom. The minimum absolute atomic E-state index is 0.156. The van der Waals surface area contributed by atoms with Crippen LogP contribution in [0.5, 0.6) is 0 Å². The zero-order valence-electron chi connectivity index (χ0n) is 14.4. The molecule has 3 heterocycles. The molecule has 3 aromatic rings. The van der Waals surface area contributed by atoms with Crippen LogP contribution in [0.15, 0.2) is 29.4 Å². The van der Waals surface area contributed by atoms with Crippen molar-refractivity contribution in [1.29, 1.82) is 0 Å². The Bertz CT molecular complexity index is 914. The number of para-hydroxylation sites is 1. The molecule has 0 unspecified atom stereocenters. The van der Waals surface area contributed by atoms with E-state index in [0.717, 1.165) is 29.5 Å². The van der Waals surface area contributed by atoms with Gasteiger partial charge in [0.15, 0.2) is 5.65 Å². The van der Waals surface area contributed by atoms with Gasteiger partial charge in [-0.3, -0.25) is 4.79 Å². The van der Waals surface area contributed by atoms with E-state index in [4.69, 9.17) is 0 Å². The number of nitrogens with zero attached hydrogens (tertiary/aromatic N) is 4. The lowest BCUT2D eigenvalue weighted by Crippen LogP contribution is -2.43. The predicted molar refractivity (Wildman–Crippen MR) is 99.4 cm³/mol. The van der Waals surface area contributed by atoms with E-state index in [0.29, 0.717) is 28.4 Å². The molecule has 1 aliphatic rings. The second-order valence-corrected chi connectivity index (χ2v) is 7.94. The summed E-state index contributed by atoms with van der Waals surface area (Å²) in [5, 5.41) is 10.0. The van der Waals surface area contributed by atoms with Gasteiger partial charge in [-0.05, 0) is 24.3 Å². The van der Waals surface area contributed by atoms with Crippen LogP contribution in [0.1, 0.15) is 20.3 Å². The minimum atomic E-state index is 0.156. The molecule has 0 saturated carbocycles. The van der Waals surface area contributed by atoms with Crippen LogP contribution in [-0.2, 0) is 4.79 Å². The number of amides is 1. The number of piperidine rings is 1. The van der Waals surface area contributed by atoms with E-state index in [9.17, 15) is 4.79 Å². The largest absolute Gasteiger partial charge is 0.341 e. The van der Waals surface area contributed by atoms with Gasteiger partial charge in [0.2, 0.25) is 11.1 Å². The molecule has 0 aliphatic carbocycles. The van der Waals surface area contributed by atoms with E-state index in [1.165, 1.54) is 18.2 Å². The summed E-state index contributed by atoms with van der Waals surface area (Å²) in [6.45, 7) is 6.12. The monoisotopic (exact) mass is 355 g/mol. The molecule has 2 atom stereocenters. The zero-order chi connectivity index (χ0) is 17.4. The van der Waals surface area contributed by atoms with Gasteiger partial charge in [-0.15, -0.1) is 10.2 Å². The van der Waals surface area contributed by atoms with Crippen molar-refractivity contribution in [3.05, 3.63) is 24.3 Å². The normalized spacial score (nSPS) is 21.1. The number of aromatic nitrogens is 4. The maximum atomic E-state index is 12.5. The third kappa shape index (κ3) is 3.33. The van der Waals surface area contributed by atoms with Crippen LogP contribution in [0.4, 0.5) is 0 Å². The van der Waals surface area contributed by atoms with Gasteiger partial charge in [-0.1, -0.05) is 43.8 Å². The Balaban J connectivity index is 1.47. The first kappa shape index (κ1) is 16.3. The molecule has 1 saturated heterocycles. The molecule has 130 valence electrons. The van der Waals surface area contributed by atoms with E-state index in [1.807, 2.05) is 29.2 Å². The SMILES string of the molecule is C[C@@H]1C[C@@H](C)CN(C(=O)CSc2nnc3c(n2)[nH]c2ccccc23)C1. The number of likely N-dealkylation sites (tertiary alicyclic amines) is 1. The number of hydrogen-bond acceptors (Lipinski definition) is 5. The molecule has 1 aliphatic heterocycles. The highest BCUT2D eigenvalue weighted by Gasteiger charge is 2.25. The highest BCUT2D eigenvalue weighted by molar-refractivity contribution is 7.99. The molecular weight excluding hydrogens is 334 g/mol. The molecule has 1 fully saturated rings. The molecule has 4 rings (SSSR count). The highest BCUT2D eigenvalue weighted by Crippen LogP contribution is 2.25. The fourth-order valence-electron chi connectivity index (χ4n) is 3.65. The summed E-state index contributed by atoms with van der Waals surface area (Å²) in [4.78, 5) is 22.2. The first-order chi connectivity index (χ1) is 12.1. The molecule has 7 heteroatoms. The minimum Gasteiger partial charge on any atom is -0.341 e. The molecular formula is C18H21N5OS. The lowest BCUT2D eigenvalue weighted by atomic mass is 9.92. The number of hydrogen-bond donors (Lipinski definition) is 1. The lowest BCUT2D eigenvalue weighted by Gasteiger charge is -2.34. The number of fused-ring (bicyclic) bond motifs is 3. The molecule has 1 N–H and O–H groups in total. The Morgan fingerprint density at radius 1 is 1.24 bits per heavy atom. The van der Waals surface area contributed by atoms with Gasteiger partial charge in [-0.25, -0.2) is 4.98 Å². The Kier molecular flexibility index (Phi) is 4.33. The number of H-pyrrole nitrogens is 1. The lowest BCUT2D eigenvalue weighted by molar-refractivity contribution is -0.130. The van der Waals surface area contributed by atoms with Gasteiger partial charge in [-0.2, -0.15) is 0 Å². The molecule has 0 spiro atoms. The number of carbonyl (C=O) groups is 1. The topological polar surface area (TPSA) is 74.8 Å². The second kappa shape index (κ2) is 6.63. The summed E-state index contributed by atoms with van der Waals surface area (Å²) < 4.78 is 0. The van der Waals surface area contributed by atoms with E-state index >= 15 is 0 Å². The molecule has 6 nitrogen and oxygen atoms in total. The Labute approximate surface area is 150 Å². The van der Waals surface area contributed by atoms with Crippen molar-refractivity contribution in [2.45, 2.75) is 25.4 Å². The Hall–Kier alpha value is -2.15. The second-order valence-electron chi connectivity index (χ2n) is 7.00. The number of nitrogens with one attached hydrogen (secondary N) is 1. The highest BCUT2D eigenvalue weighted by atomic mass is 32.2. The summed E-state index contributed by atoms with van der Waals surface area (Å²) in [6, 6.07) is 7.94. The molecule has 1 aromatic carbocycles. The summed E-state index contributed by atoms with van der Waals surface area (Å²) in [5.41, 5.74) is 2.48. The van der Waals surface area contributed by atoms with E-state index in [1.54, 1.807) is 0 Å². The van der Waals surface area contributed by atoms with Crippen molar-refractivity contribution in [2.24, 2.45) is 11.8 Å². The summed E-state index contributed by atoms with van der Waals surface area (Å²) >= 11 is 1.35. The van der Waals surface area contributed by atoms with Gasteiger partial charge >= 0.3 is 0 Å². The van der Waals surface area contributed by atoms with Crippen molar-refractivity contribution >= 4 is 39.7 Å². The van der Waals surface area contributed by atoms with E-state index in [2.05, 4.69) is 34.0 Å². The summed E-state index contributed by atoms with van der Waals surface area (Å²) in [7, 11) is 0. The first-order valence-electron chi connectivity index (χ1n) is 8.62. The third-order valence-electron chi connectivity index (χ3n) is 4.65. The molecule has 1 amide bonds. The maximum Gasteiger partial charge on any atom is 0.233 e. The van der Waals surface area contributed by atoms with Crippen molar-refractivity contribution in [3.63, 3.8) is 0 Å². The smallest absolute Gasteiger partial charge is 0.233 e. The quantitative estimate of drug-likeness (QED) is 0.731. The van der Waals surface area contributed by atoms with Gasteiger partial charge in [0.25, 0.3) is 0 Å². The van der Waals surface area contributed by atoms with Crippen LogP contribution in [0.25, 0.3) is 22.1 Å². The molecule has 0 radical (unpaired) electrons. The Morgan fingerprint density at radius 2 is 2.00 bits per heavy atom. The van der Waals surface area contributed by atoms with Gasteiger partial charge in [0.05, 0.1) is 5.75 Å². The maximum absolute atomic E-state index is 12.5. The first-order valence-corrected chi connectivity index (χ1v) is 9.60. The van der Waals surface area contributed by atoms with Crippen LogP contribution in [-0.4, -0.2) is 49.8 Å². The van der Waals surface area contributed by atoms with Crippen LogP contribution >= 0.6 is 11.8 Å². The average Bonchev–Trinajstić information content (AvgIpc) is 2.96. The average molecular weight is 355 g/mol. The summed E-state index contributed by atoms with van der Waals surface area (Å²) in [5.74, 6) is 1.65. The molecule has 2 aromatic heterocycles. The number of carbonyl (C=O) groups excluding carboxylic acids is 1. The van der Waals surface area contributed by atoms with Crippen LogP contribution in [0, 0.1) is 11.8 Å². The predicted octanol–water partition coefficient (Wildman–Crippen LogP) is 3.10.